The van der Waals surface area contributed by atoms with Gasteiger partial charge in [0, 0.05) is 20.6 Å². The molecule has 0 aromatic heterocycles. The van der Waals surface area contributed by atoms with Crippen LogP contribution >= 0.6 is 7.82 Å². The van der Waals surface area contributed by atoms with Crippen molar-refractivity contribution >= 4 is 19.9 Å². The van der Waals surface area contributed by atoms with Gasteiger partial charge in [0.2, 0.25) is 0 Å². The Kier molecular flexibility index (Phi) is 10.1. The molecule has 1 amide bonds. The van der Waals surface area contributed by atoms with E-state index in [1.54, 1.807) is 20.8 Å². The van der Waals surface area contributed by atoms with Gasteiger partial charge in [-0.3, -0.25) is 18.4 Å². The summed E-state index contributed by atoms with van der Waals surface area (Å²) in [5, 5.41) is 11.5. The molecule has 142 valence electrons. The van der Waals surface area contributed by atoms with Crippen LogP contribution in [0.1, 0.15) is 27.7 Å². The Labute approximate surface area is 141 Å². The minimum absolute atomic E-state index is 0.000634. The second kappa shape index (κ2) is 10.6. The topological polar surface area (TPSA) is 130 Å². The number of esters is 1. The van der Waals surface area contributed by atoms with Gasteiger partial charge in [-0.15, -0.1) is 0 Å². The van der Waals surface area contributed by atoms with E-state index in [1.165, 1.54) is 6.92 Å². The first-order valence-electron chi connectivity index (χ1n) is 7.21. The van der Waals surface area contributed by atoms with E-state index in [1.807, 2.05) is 0 Å². The van der Waals surface area contributed by atoms with Gasteiger partial charge in [-0.25, -0.2) is 9.36 Å². The van der Waals surface area contributed by atoms with Gasteiger partial charge >= 0.3 is 19.9 Å². The quantitative estimate of drug-likeness (QED) is 0.331. The lowest BCUT2D eigenvalue weighted by atomic mass is 10.2. The maximum absolute atomic E-state index is 12.2. The molecule has 0 bridgehead atoms. The zero-order chi connectivity index (χ0) is 18.8. The fraction of sp³-hybridized carbons (Fsp3) is 0.846. The Hall–Kier alpha value is -1.19. The van der Waals surface area contributed by atoms with Crippen LogP contribution in [0.15, 0.2) is 0 Å². The fourth-order valence-electron chi connectivity index (χ4n) is 1.26. The summed E-state index contributed by atoms with van der Waals surface area (Å²) in [6, 6.07) is 0. The van der Waals surface area contributed by atoms with Gasteiger partial charge in [-0.05, 0) is 20.8 Å². The van der Waals surface area contributed by atoms with E-state index >= 15 is 0 Å². The maximum atomic E-state index is 12.2. The van der Waals surface area contributed by atoms with E-state index in [-0.39, 0.29) is 19.8 Å². The van der Waals surface area contributed by atoms with Gasteiger partial charge in [0.05, 0.1) is 13.2 Å². The molecule has 0 radical (unpaired) electrons. The number of aliphatic hydroxyl groups excluding tert-OH is 1. The number of alkyl carbamates (subject to hydrolysis) is 1. The van der Waals surface area contributed by atoms with E-state index < -0.39 is 38.2 Å². The zero-order valence-electron chi connectivity index (χ0n) is 14.6. The van der Waals surface area contributed by atoms with Crippen LogP contribution in [0.4, 0.5) is 4.79 Å². The number of hydrogen-bond donors (Lipinski definition) is 2. The lowest BCUT2D eigenvalue weighted by Gasteiger charge is -2.22. The van der Waals surface area contributed by atoms with E-state index in [2.05, 4.69) is 14.6 Å². The predicted octanol–water partition coefficient (Wildman–Crippen LogP) is 1.22. The molecule has 24 heavy (non-hydrogen) atoms. The first-order valence-corrected chi connectivity index (χ1v) is 8.67. The number of amides is 1. The average Bonchev–Trinajstić information content (AvgIpc) is 2.46. The van der Waals surface area contributed by atoms with Gasteiger partial charge in [-0.1, -0.05) is 0 Å². The van der Waals surface area contributed by atoms with Crippen molar-refractivity contribution in [3.63, 3.8) is 0 Å². The third-order valence-electron chi connectivity index (χ3n) is 2.20. The van der Waals surface area contributed by atoms with Crippen molar-refractivity contribution in [2.75, 3.05) is 33.5 Å². The molecular weight excluding hydrogens is 345 g/mol. The molecule has 0 aromatic rings. The van der Waals surface area contributed by atoms with Crippen LogP contribution in [0.2, 0.25) is 0 Å². The number of ether oxygens (including phenoxy) is 2. The standard InChI is InChI=1S/C13H26NO9P/c1-10(16)20-9-11(8-15)23-24(18,19-5)21-7-6-14-12(17)22-13(2,3)4/h11,15H,6-9H2,1-5H3,(H,14,17). The summed E-state index contributed by atoms with van der Waals surface area (Å²) in [5.41, 5.74) is -0.638. The molecule has 0 saturated heterocycles. The summed E-state index contributed by atoms with van der Waals surface area (Å²) < 4.78 is 36.6. The average molecular weight is 371 g/mol. The lowest BCUT2D eigenvalue weighted by molar-refractivity contribution is -0.144. The van der Waals surface area contributed by atoms with E-state index in [4.69, 9.17) is 18.9 Å². The molecule has 0 spiro atoms. The molecule has 10 nitrogen and oxygen atoms in total. The lowest BCUT2D eigenvalue weighted by Crippen LogP contribution is -2.34. The molecule has 0 saturated carbocycles. The maximum Gasteiger partial charge on any atom is 0.475 e. The highest BCUT2D eigenvalue weighted by Gasteiger charge is 2.30. The largest absolute Gasteiger partial charge is 0.475 e. The van der Waals surface area contributed by atoms with Crippen molar-refractivity contribution in [3.05, 3.63) is 0 Å². The smallest absolute Gasteiger partial charge is 0.463 e. The van der Waals surface area contributed by atoms with E-state index in [0.29, 0.717) is 0 Å². The van der Waals surface area contributed by atoms with Crippen LogP contribution in [0.3, 0.4) is 0 Å². The molecule has 0 aliphatic rings. The van der Waals surface area contributed by atoms with E-state index in [0.717, 1.165) is 7.11 Å². The Morgan fingerprint density at radius 2 is 1.92 bits per heavy atom. The van der Waals surface area contributed by atoms with Crippen molar-refractivity contribution in [3.8, 4) is 0 Å². The number of carbonyl (C=O) groups excluding carboxylic acids is 2. The molecule has 0 rings (SSSR count). The second-order valence-corrected chi connectivity index (χ2v) is 7.33. The zero-order valence-corrected chi connectivity index (χ0v) is 15.5. The Morgan fingerprint density at radius 3 is 2.38 bits per heavy atom. The van der Waals surface area contributed by atoms with Gasteiger partial charge in [-0.2, -0.15) is 0 Å². The molecule has 0 fully saturated rings. The molecule has 0 aromatic carbocycles. The molecule has 0 heterocycles. The van der Waals surface area contributed by atoms with Crippen LogP contribution < -0.4 is 5.32 Å². The number of carbonyl (C=O) groups is 2. The first-order chi connectivity index (χ1) is 11.0. The van der Waals surface area contributed by atoms with Crippen LogP contribution in [-0.2, 0) is 32.4 Å². The monoisotopic (exact) mass is 371 g/mol. The van der Waals surface area contributed by atoms with Crippen LogP contribution in [0.5, 0.6) is 0 Å². The highest BCUT2D eigenvalue weighted by Crippen LogP contribution is 2.49. The summed E-state index contributed by atoms with van der Waals surface area (Å²) >= 11 is 0. The molecular formula is C13H26NO9P. The number of phosphoric ester groups is 1. The van der Waals surface area contributed by atoms with Gasteiger partial charge < -0.3 is 19.9 Å². The number of nitrogens with one attached hydrogen (secondary N) is 1. The molecule has 0 aliphatic carbocycles. The molecule has 2 N–H and O–H groups in total. The fourth-order valence-corrected chi connectivity index (χ4v) is 2.32. The predicted molar refractivity (Wildman–Crippen MR) is 83.4 cm³/mol. The minimum atomic E-state index is -3.98. The second-order valence-electron chi connectivity index (χ2n) is 5.60. The third-order valence-corrected chi connectivity index (χ3v) is 3.70. The number of hydrogen-bond acceptors (Lipinski definition) is 9. The van der Waals surface area contributed by atoms with E-state index in [9.17, 15) is 14.2 Å². The number of rotatable bonds is 10. The summed E-state index contributed by atoms with van der Waals surface area (Å²) in [6.45, 7) is 5.29. The summed E-state index contributed by atoms with van der Waals surface area (Å²) in [7, 11) is -2.88. The molecule has 11 heteroatoms. The highest BCUT2D eigenvalue weighted by molar-refractivity contribution is 7.48. The Balaban J connectivity index is 4.29. The van der Waals surface area contributed by atoms with Crippen molar-refractivity contribution in [2.24, 2.45) is 0 Å². The minimum Gasteiger partial charge on any atom is -0.463 e. The highest BCUT2D eigenvalue weighted by atomic mass is 31.2. The molecule has 0 aliphatic heterocycles. The van der Waals surface area contributed by atoms with Gasteiger partial charge in [0.15, 0.2) is 0 Å². The Morgan fingerprint density at radius 1 is 1.29 bits per heavy atom. The SMILES string of the molecule is COP(=O)(OCCNC(=O)OC(C)(C)C)OC(CO)COC(C)=O. The van der Waals surface area contributed by atoms with Crippen molar-refractivity contribution in [1.29, 1.82) is 0 Å². The molecule has 2 atom stereocenters. The Bertz CT molecular complexity index is 449. The van der Waals surface area contributed by atoms with Crippen LogP contribution in [0, 0.1) is 0 Å². The number of phosphoric acid groups is 1. The van der Waals surface area contributed by atoms with Crippen molar-refractivity contribution < 1.29 is 42.3 Å². The molecule has 2 unspecified atom stereocenters. The number of aliphatic hydroxyl groups is 1. The summed E-state index contributed by atoms with van der Waals surface area (Å²) in [5.74, 6) is -0.577. The third kappa shape index (κ3) is 11.4. The summed E-state index contributed by atoms with van der Waals surface area (Å²) in [4.78, 5) is 22.2. The first kappa shape index (κ1) is 22.8. The van der Waals surface area contributed by atoms with Crippen molar-refractivity contribution in [2.45, 2.75) is 39.4 Å². The van der Waals surface area contributed by atoms with Crippen LogP contribution in [0.25, 0.3) is 0 Å². The van der Waals surface area contributed by atoms with Gasteiger partial charge in [0.25, 0.3) is 0 Å². The summed E-state index contributed by atoms with van der Waals surface area (Å²) in [6.07, 6.45) is -1.72. The van der Waals surface area contributed by atoms with Gasteiger partial charge in [0.1, 0.15) is 18.3 Å². The van der Waals surface area contributed by atoms with Crippen molar-refractivity contribution in [1.82, 2.24) is 5.32 Å². The normalized spacial score (nSPS) is 15.2. The van der Waals surface area contributed by atoms with Crippen LogP contribution in [-0.4, -0.2) is 62.3 Å².